The van der Waals surface area contributed by atoms with E-state index in [9.17, 15) is 9.59 Å². The quantitative estimate of drug-likeness (QED) is 0.606. The minimum atomic E-state index is -0.483. The van der Waals surface area contributed by atoms with E-state index < -0.39 is 6.04 Å². The Morgan fingerprint density at radius 3 is 2.54 bits per heavy atom. The zero-order chi connectivity index (χ0) is 20.3. The standard InChI is InChI=1S/C19H21BrN6O2/c1-4-25-17(8-9-21-25)19(28)24-15-7-5-6-14(10-15)23-18(27)13(3)26-12(2)16(20)11-22-26/h5-11,13H,4H2,1-3H3,(H,23,27)(H,24,28). The minimum Gasteiger partial charge on any atom is -0.324 e. The third kappa shape index (κ3) is 4.14. The van der Waals surface area contributed by atoms with E-state index in [-0.39, 0.29) is 11.8 Å². The summed E-state index contributed by atoms with van der Waals surface area (Å²) in [6, 6.07) is 8.19. The lowest BCUT2D eigenvalue weighted by molar-refractivity contribution is -0.119. The van der Waals surface area contributed by atoms with Gasteiger partial charge in [0.15, 0.2) is 0 Å². The predicted octanol–water partition coefficient (Wildman–Crippen LogP) is 3.62. The largest absolute Gasteiger partial charge is 0.324 e. The molecule has 2 heterocycles. The molecule has 0 radical (unpaired) electrons. The number of halogens is 1. The Balaban J connectivity index is 1.70. The molecule has 28 heavy (non-hydrogen) atoms. The Bertz CT molecular complexity index is 1010. The normalized spacial score (nSPS) is 11.9. The van der Waals surface area contributed by atoms with Crippen molar-refractivity contribution in [1.82, 2.24) is 19.6 Å². The summed E-state index contributed by atoms with van der Waals surface area (Å²) in [4.78, 5) is 25.0. The lowest BCUT2D eigenvalue weighted by atomic mass is 10.2. The van der Waals surface area contributed by atoms with Gasteiger partial charge in [-0.1, -0.05) is 6.07 Å². The fourth-order valence-electron chi connectivity index (χ4n) is 2.80. The van der Waals surface area contributed by atoms with Crippen LogP contribution in [0.2, 0.25) is 0 Å². The van der Waals surface area contributed by atoms with Crippen molar-refractivity contribution < 1.29 is 9.59 Å². The molecule has 0 aliphatic heterocycles. The van der Waals surface area contributed by atoms with Crippen LogP contribution >= 0.6 is 15.9 Å². The molecule has 8 nitrogen and oxygen atoms in total. The number of nitrogens with one attached hydrogen (secondary N) is 2. The average molecular weight is 445 g/mol. The van der Waals surface area contributed by atoms with Crippen LogP contribution in [0.4, 0.5) is 11.4 Å². The molecule has 0 fully saturated rings. The fraction of sp³-hybridized carbons (Fsp3) is 0.263. The molecule has 9 heteroatoms. The van der Waals surface area contributed by atoms with Crippen LogP contribution in [0.25, 0.3) is 0 Å². The summed E-state index contributed by atoms with van der Waals surface area (Å²) in [5, 5.41) is 14.0. The molecule has 3 aromatic rings. The number of benzene rings is 1. The lowest BCUT2D eigenvalue weighted by Crippen LogP contribution is -2.25. The van der Waals surface area contributed by atoms with Crippen LogP contribution in [0.3, 0.4) is 0 Å². The van der Waals surface area contributed by atoms with Crippen molar-refractivity contribution in [3.63, 3.8) is 0 Å². The molecule has 0 saturated heterocycles. The van der Waals surface area contributed by atoms with E-state index in [2.05, 4.69) is 36.8 Å². The summed E-state index contributed by atoms with van der Waals surface area (Å²) >= 11 is 3.40. The monoisotopic (exact) mass is 444 g/mol. The van der Waals surface area contributed by atoms with Gasteiger partial charge in [0.2, 0.25) is 5.91 Å². The number of hydrogen-bond donors (Lipinski definition) is 2. The number of nitrogens with zero attached hydrogens (tertiary/aromatic N) is 4. The van der Waals surface area contributed by atoms with Crippen molar-refractivity contribution in [2.75, 3.05) is 10.6 Å². The van der Waals surface area contributed by atoms with Gasteiger partial charge in [0.25, 0.3) is 5.91 Å². The Morgan fingerprint density at radius 1 is 1.18 bits per heavy atom. The highest BCUT2D eigenvalue weighted by molar-refractivity contribution is 9.10. The van der Waals surface area contributed by atoms with Gasteiger partial charge in [0.05, 0.1) is 16.4 Å². The molecule has 0 aliphatic rings. The van der Waals surface area contributed by atoms with Crippen molar-refractivity contribution in [3.05, 3.63) is 58.6 Å². The predicted molar refractivity (Wildman–Crippen MR) is 110 cm³/mol. The number of carbonyl (C=O) groups is 2. The smallest absolute Gasteiger partial charge is 0.273 e. The zero-order valence-electron chi connectivity index (χ0n) is 15.8. The van der Waals surface area contributed by atoms with Crippen molar-refractivity contribution in [3.8, 4) is 0 Å². The molecule has 2 amide bonds. The van der Waals surface area contributed by atoms with E-state index in [1.165, 1.54) is 0 Å². The van der Waals surface area contributed by atoms with Crippen LogP contribution in [0.15, 0.2) is 47.2 Å². The highest BCUT2D eigenvalue weighted by atomic mass is 79.9. The van der Waals surface area contributed by atoms with Crippen LogP contribution in [0.1, 0.15) is 36.1 Å². The topological polar surface area (TPSA) is 93.8 Å². The van der Waals surface area contributed by atoms with Crippen molar-refractivity contribution in [2.24, 2.45) is 0 Å². The molecule has 2 aromatic heterocycles. The molecule has 0 bridgehead atoms. The second kappa shape index (κ2) is 8.39. The zero-order valence-corrected chi connectivity index (χ0v) is 17.4. The number of rotatable bonds is 6. The number of aryl methyl sites for hydroxylation is 1. The third-order valence-electron chi connectivity index (χ3n) is 4.37. The lowest BCUT2D eigenvalue weighted by Gasteiger charge is -2.15. The van der Waals surface area contributed by atoms with E-state index in [1.54, 1.807) is 59.0 Å². The molecule has 3 rings (SSSR count). The van der Waals surface area contributed by atoms with Gasteiger partial charge < -0.3 is 10.6 Å². The summed E-state index contributed by atoms with van der Waals surface area (Å²) in [7, 11) is 0. The summed E-state index contributed by atoms with van der Waals surface area (Å²) in [6.45, 7) is 6.19. The van der Waals surface area contributed by atoms with Crippen LogP contribution in [0.5, 0.6) is 0 Å². The number of anilines is 2. The van der Waals surface area contributed by atoms with Gasteiger partial charge in [-0.25, -0.2) is 0 Å². The van der Waals surface area contributed by atoms with Crippen LogP contribution in [0, 0.1) is 6.92 Å². The molecule has 0 saturated carbocycles. The maximum atomic E-state index is 12.6. The first-order chi connectivity index (χ1) is 13.4. The van der Waals surface area contributed by atoms with Gasteiger partial charge in [-0.15, -0.1) is 0 Å². The fourth-order valence-corrected chi connectivity index (χ4v) is 3.07. The van der Waals surface area contributed by atoms with Crippen molar-refractivity contribution >= 4 is 39.1 Å². The van der Waals surface area contributed by atoms with Gasteiger partial charge in [-0.3, -0.25) is 19.0 Å². The molecule has 1 aromatic carbocycles. The Labute approximate surface area is 171 Å². The average Bonchev–Trinajstić information content (AvgIpc) is 3.28. The van der Waals surface area contributed by atoms with Crippen LogP contribution in [-0.2, 0) is 11.3 Å². The van der Waals surface area contributed by atoms with Crippen molar-refractivity contribution in [2.45, 2.75) is 33.4 Å². The Kier molecular flexibility index (Phi) is 5.93. The summed E-state index contributed by atoms with van der Waals surface area (Å²) in [5.74, 6) is -0.459. The summed E-state index contributed by atoms with van der Waals surface area (Å²) < 4.78 is 4.12. The maximum Gasteiger partial charge on any atom is 0.273 e. The number of aromatic nitrogens is 4. The molecule has 1 unspecified atom stereocenters. The second-order valence-electron chi connectivity index (χ2n) is 6.25. The summed E-state index contributed by atoms with van der Waals surface area (Å²) in [5.41, 5.74) is 2.52. The first kappa shape index (κ1) is 19.8. The van der Waals surface area contributed by atoms with E-state index >= 15 is 0 Å². The third-order valence-corrected chi connectivity index (χ3v) is 5.15. The summed E-state index contributed by atoms with van der Waals surface area (Å²) in [6.07, 6.45) is 3.25. The molecule has 0 aliphatic carbocycles. The van der Waals surface area contributed by atoms with Crippen molar-refractivity contribution in [1.29, 1.82) is 0 Å². The maximum absolute atomic E-state index is 12.6. The van der Waals surface area contributed by atoms with E-state index in [1.807, 2.05) is 13.8 Å². The molecular formula is C19H21BrN6O2. The Morgan fingerprint density at radius 2 is 1.89 bits per heavy atom. The second-order valence-corrected chi connectivity index (χ2v) is 7.11. The van der Waals surface area contributed by atoms with Crippen LogP contribution in [-0.4, -0.2) is 31.4 Å². The number of hydrogen-bond acceptors (Lipinski definition) is 4. The minimum absolute atomic E-state index is 0.203. The molecule has 2 N–H and O–H groups in total. The SMILES string of the molecule is CCn1nccc1C(=O)Nc1cccc(NC(=O)C(C)n2ncc(Br)c2C)c1. The molecule has 0 spiro atoms. The van der Waals surface area contributed by atoms with E-state index in [4.69, 9.17) is 0 Å². The first-order valence-corrected chi connectivity index (χ1v) is 9.63. The van der Waals surface area contributed by atoms with Crippen LogP contribution < -0.4 is 10.6 Å². The first-order valence-electron chi connectivity index (χ1n) is 8.84. The molecule has 146 valence electrons. The van der Waals surface area contributed by atoms with Gasteiger partial charge in [-0.2, -0.15) is 10.2 Å². The Hall–Kier alpha value is -2.94. The highest BCUT2D eigenvalue weighted by Crippen LogP contribution is 2.21. The number of carbonyl (C=O) groups excluding carboxylic acids is 2. The van der Waals surface area contributed by atoms with Gasteiger partial charge >= 0.3 is 0 Å². The van der Waals surface area contributed by atoms with Gasteiger partial charge in [-0.05, 0) is 61.0 Å². The van der Waals surface area contributed by atoms with Gasteiger partial charge in [0.1, 0.15) is 11.7 Å². The van der Waals surface area contributed by atoms with E-state index in [0.29, 0.717) is 23.6 Å². The van der Waals surface area contributed by atoms with Gasteiger partial charge in [0, 0.05) is 24.1 Å². The number of amides is 2. The highest BCUT2D eigenvalue weighted by Gasteiger charge is 2.19. The van der Waals surface area contributed by atoms with E-state index in [0.717, 1.165) is 10.2 Å². The molecule has 1 atom stereocenters. The molecular weight excluding hydrogens is 424 g/mol.